The number of thioether (sulfide) groups is 1. The van der Waals surface area contributed by atoms with Crippen molar-refractivity contribution in [2.45, 2.75) is 6.92 Å². The summed E-state index contributed by atoms with van der Waals surface area (Å²) in [5.74, 6) is 1.71. The van der Waals surface area contributed by atoms with Gasteiger partial charge in [-0.25, -0.2) is 0 Å². The number of carbonyl (C=O) groups is 3. The van der Waals surface area contributed by atoms with Gasteiger partial charge in [-0.2, -0.15) is 0 Å². The van der Waals surface area contributed by atoms with Crippen LogP contribution in [0.4, 0.5) is 4.79 Å². The Morgan fingerprint density at radius 2 is 2.15 bits per heavy atom. The minimum absolute atomic E-state index is 0.0160. The van der Waals surface area contributed by atoms with Gasteiger partial charge in [0, 0.05) is 0 Å². The van der Waals surface area contributed by atoms with Crippen LogP contribution >= 0.6 is 23.4 Å². The van der Waals surface area contributed by atoms with Crippen molar-refractivity contribution < 1.29 is 28.6 Å². The second-order valence-corrected chi connectivity index (χ2v) is 6.50. The fraction of sp³-hybridized carbons (Fsp3) is 0.278. The zero-order valence-corrected chi connectivity index (χ0v) is 16.2. The summed E-state index contributed by atoms with van der Waals surface area (Å²) in [5.41, 5.74) is 0.520. The van der Waals surface area contributed by atoms with Crippen molar-refractivity contribution in [2.75, 3.05) is 26.9 Å². The highest BCUT2D eigenvalue weighted by atomic mass is 35.5. The molecule has 27 heavy (non-hydrogen) atoms. The molecule has 0 N–H and O–H groups in total. The molecule has 1 fully saturated rings. The van der Waals surface area contributed by atoms with Crippen LogP contribution in [0.5, 0.6) is 11.5 Å². The van der Waals surface area contributed by atoms with Crippen LogP contribution < -0.4 is 9.47 Å². The van der Waals surface area contributed by atoms with E-state index in [1.54, 1.807) is 19.1 Å². The molecule has 0 bridgehead atoms. The van der Waals surface area contributed by atoms with Crippen molar-refractivity contribution in [3.05, 3.63) is 27.6 Å². The maximum atomic E-state index is 12.4. The molecule has 142 valence electrons. The maximum Gasteiger partial charge on any atom is 0.326 e. The van der Waals surface area contributed by atoms with Crippen molar-refractivity contribution in [2.24, 2.45) is 0 Å². The number of hydrogen-bond donors (Lipinski definition) is 0. The van der Waals surface area contributed by atoms with Crippen LogP contribution in [0.25, 0.3) is 6.08 Å². The van der Waals surface area contributed by atoms with Crippen molar-refractivity contribution in [1.82, 2.24) is 4.90 Å². The van der Waals surface area contributed by atoms with Gasteiger partial charge in [-0.3, -0.25) is 19.3 Å². The van der Waals surface area contributed by atoms with Gasteiger partial charge in [0.1, 0.15) is 13.2 Å². The molecule has 2 rings (SSSR count). The SMILES string of the molecule is C#CCOc1c(Cl)cc(C=C2SC(=O)N(CC(=O)OCC)C2=O)cc1OC. The van der Waals surface area contributed by atoms with E-state index in [2.05, 4.69) is 5.92 Å². The third-order valence-corrected chi connectivity index (χ3v) is 4.50. The van der Waals surface area contributed by atoms with Gasteiger partial charge in [0.05, 0.1) is 23.6 Å². The van der Waals surface area contributed by atoms with E-state index in [0.29, 0.717) is 11.3 Å². The predicted molar refractivity (Wildman–Crippen MR) is 102 cm³/mol. The molecule has 9 heteroatoms. The number of hydrogen-bond acceptors (Lipinski definition) is 7. The number of rotatable bonds is 7. The lowest BCUT2D eigenvalue weighted by Gasteiger charge is -2.12. The third kappa shape index (κ3) is 4.96. The Labute approximate surface area is 165 Å². The number of methoxy groups -OCH3 is 1. The maximum absolute atomic E-state index is 12.4. The molecule has 1 heterocycles. The van der Waals surface area contributed by atoms with Gasteiger partial charge in [0.15, 0.2) is 11.5 Å². The van der Waals surface area contributed by atoms with E-state index in [9.17, 15) is 14.4 Å². The number of nitrogens with zero attached hydrogens (tertiary/aromatic N) is 1. The Balaban J connectivity index is 2.27. The average molecular weight is 410 g/mol. The quantitative estimate of drug-likeness (QED) is 0.389. The van der Waals surface area contributed by atoms with Gasteiger partial charge in [0.2, 0.25) is 0 Å². The molecule has 0 saturated carbocycles. The zero-order valence-electron chi connectivity index (χ0n) is 14.6. The minimum Gasteiger partial charge on any atom is -0.493 e. The summed E-state index contributed by atoms with van der Waals surface area (Å²) in [6.45, 7) is 1.39. The van der Waals surface area contributed by atoms with Gasteiger partial charge in [-0.15, -0.1) is 6.42 Å². The second kappa shape index (κ2) is 9.35. The average Bonchev–Trinajstić information content (AvgIpc) is 2.88. The van der Waals surface area contributed by atoms with Crippen LogP contribution in [0, 0.1) is 12.3 Å². The van der Waals surface area contributed by atoms with Crippen LogP contribution in [0.3, 0.4) is 0 Å². The summed E-state index contributed by atoms with van der Waals surface area (Å²) >= 11 is 6.92. The summed E-state index contributed by atoms with van der Waals surface area (Å²) in [6.07, 6.45) is 6.65. The van der Waals surface area contributed by atoms with Crippen LogP contribution in [0.2, 0.25) is 5.02 Å². The minimum atomic E-state index is -0.652. The molecule has 1 saturated heterocycles. The summed E-state index contributed by atoms with van der Waals surface area (Å²) in [6, 6.07) is 3.15. The van der Waals surface area contributed by atoms with E-state index >= 15 is 0 Å². The van der Waals surface area contributed by atoms with Crippen LogP contribution in [0.1, 0.15) is 12.5 Å². The van der Waals surface area contributed by atoms with Gasteiger partial charge < -0.3 is 14.2 Å². The van der Waals surface area contributed by atoms with Crippen molar-refractivity contribution in [3.63, 3.8) is 0 Å². The predicted octanol–water partition coefficient (Wildman–Crippen LogP) is 2.96. The number of halogens is 1. The molecule has 0 unspecified atom stereocenters. The molecule has 1 aliphatic rings. The number of ether oxygens (including phenoxy) is 3. The first kappa shape index (κ1) is 20.7. The lowest BCUT2D eigenvalue weighted by atomic mass is 10.1. The first-order valence-corrected chi connectivity index (χ1v) is 8.95. The normalized spacial score (nSPS) is 15.0. The van der Waals surface area contributed by atoms with Crippen LogP contribution in [0.15, 0.2) is 17.0 Å². The van der Waals surface area contributed by atoms with Crippen LogP contribution in [-0.4, -0.2) is 48.9 Å². The zero-order chi connectivity index (χ0) is 20.0. The Hall–Kier alpha value is -2.63. The number of carbonyl (C=O) groups excluding carboxylic acids is 3. The molecule has 0 spiro atoms. The van der Waals surface area contributed by atoms with Gasteiger partial charge in [-0.05, 0) is 42.5 Å². The number of benzene rings is 1. The molecular formula is C18H16ClNO6S. The van der Waals surface area contributed by atoms with E-state index in [1.807, 2.05) is 0 Å². The fourth-order valence-corrected chi connectivity index (χ4v) is 3.31. The fourth-order valence-electron chi connectivity index (χ4n) is 2.20. The molecule has 0 aliphatic carbocycles. The smallest absolute Gasteiger partial charge is 0.326 e. The van der Waals surface area contributed by atoms with Crippen LogP contribution in [-0.2, 0) is 14.3 Å². The first-order chi connectivity index (χ1) is 12.9. The third-order valence-electron chi connectivity index (χ3n) is 3.32. The largest absolute Gasteiger partial charge is 0.493 e. The van der Waals surface area contributed by atoms with Gasteiger partial charge in [0.25, 0.3) is 11.1 Å². The standard InChI is InChI=1S/C18H16ClNO6S/c1-4-6-26-16-12(19)7-11(8-13(16)24-3)9-14-17(22)20(18(23)27-14)10-15(21)25-5-2/h1,7-9H,5-6,10H2,2-3H3. The molecule has 0 radical (unpaired) electrons. The topological polar surface area (TPSA) is 82.1 Å². The number of imide groups is 1. The molecule has 0 atom stereocenters. The summed E-state index contributed by atoms with van der Waals surface area (Å²) in [5, 5.41) is -0.312. The summed E-state index contributed by atoms with van der Waals surface area (Å²) in [4.78, 5) is 37.0. The molecule has 1 aliphatic heterocycles. The number of amides is 2. The summed E-state index contributed by atoms with van der Waals surface area (Å²) in [7, 11) is 1.44. The Bertz CT molecular complexity index is 845. The Morgan fingerprint density at radius 1 is 1.41 bits per heavy atom. The highest BCUT2D eigenvalue weighted by Crippen LogP contribution is 2.38. The van der Waals surface area contributed by atoms with Gasteiger partial charge >= 0.3 is 5.97 Å². The number of esters is 1. The highest BCUT2D eigenvalue weighted by molar-refractivity contribution is 8.18. The molecule has 7 nitrogen and oxygen atoms in total. The van der Waals surface area contributed by atoms with Gasteiger partial charge in [-0.1, -0.05) is 17.5 Å². The van der Waals surface area contributed by atoms with E-state index in [0.717, 1.165) is 16.7 Å². The lowest BCUT2D eigenvalue weighted by Crippen LogP contribution is -2.34. The Morgan fingerprint density at radius 3 is 2.78 bits per heavy atom. The van der Waals surface area contributed by atoms with E-state index in [-0.39, 0.29) is 28.9 Å². The molecule has 0 aromatic heterocycles. The molecule has 1 aromatic carbocycles. The molecule has 1 aromatic rings. The molecular weight excluding hydrogens is 394 g/mol. The van der Waals surface area contributed by atoms with Crippen molar-refractivity contribution in [1.29, 1.82) is 0 Å². The Kier molecular flexibility index (Phi) is 7.16. The van der Waals surface area contributed by atoms with Crippen molar-refractivity contribution >= 4 is 46.6 Å². The van der Waals surface area contributed by atoms with Crippen molar-refractivity contribution in [3.8, 4) is 23.8 Å². The summed E-state index contributed by atoms with van der Waals surface area (Å²) < 4.78 is 15.4. The molecule has 2 amide bonds. The number of terminal acetylenes is 1. The highest BCUT2D eigenvalue weighted by Gasteiger charge is 2.36. The monoisotopic (exact) mass is 409 g/mol. The van der Waals surface area contributed by atoms with E-state index in [4.69, 9.17) is 32.2 Å². The first-order valence-electron chi connectivity index (χ1n) is 7.76. The lowest BCUT2D eigenvalue weighted by molar-refractivity contribution is -0.145. The van der Waals surface area contributed by atoms with E-state index < -0.39 is 23.7 Å². The second-order valence-electron chi connectivity index (χ2n) is 5.10. The van der Waals surface area contributed by atoms with E-state index in [1.165, 1.54) is 13.2 Å².